The van der Waals surface area contributed by atoms with E-state index >= 15 is 0 Å². The maximum absolute atomic E-state index is 12.0. The highest BCUT2D eigenvalue weighted by atomic mass is 16.5. The van der Waals surface area contributed by atoms with E-state index in [-0.39, 0.29) is 11.9 Å². The first kappa shape index (κ1) is 20.4. The number of urea groups is 1. The van der Waals surface area contributed by atoms with Crippen molar-refractivity contribution in [2.75, 3.05) is 6.54 Å². The third-order valence-electron chi connectivity index (χ3n) is 3.98. The molecule has 144 valence electrons. The fourth-order valence-electron chi connectivity index (χ4n) is 2.47. The Morgan fingerprint density at radius 2 is 1.89 bits per heavy atom. The molecular weight excluding hydrogens is 344 g/mol. The zero-order valence-electron chi connectivity index (χ0n) is 15.9. The van der Waals surface area contributed by atoms with Gasteiger partial charge in [-0.1, -0.05) is 18.2 Å². The minimum atomic E-state index is -0.510. The Labute approximate surface area is 159 Å². The van der Waals surface area contributed by atoms with Gasteiger partial charge in [-0.25, -0.2) is 4.79 Å². The van der Waals surface area contributed by atoms with Crippen LogP contribution >= 0.6 is 0 Å². The van der Waals surface area contributed by atoms with Gasteiger partial charge in [-0.2, -0.15) is 0 Å². The summed E-state index contributed by atoms with van der Waals surface area (Å²) >= 11 is 0. The van der Waals surface area contributed by atoms with Crippen molar-refractivity contribution in [3.63, 3.8) is 0 Å². The zero-order valence-corrected chi connectivity index (χ0v) is 15.9. The van der Waals surface area contributed by atoms with Crippen LogP contribution in [0, 0.1) is 0 Å². The lowest BCUT2D eigenvalue weighted by Gasteiger charge is -2.20. The minimum absolute atomic E-state index is 0.0626. The van der Waals surface area contributed by atoms with Gasteiger partial charge in [0.05, 0.1) is 6.04 Å². The number of carbonyl (C=O) groups is 2. The van der Waals surface area contributed by atoms with E-state index in [2.05, 4.69) is 20.9 Å². The third-order valence-corrected chi connectivity index (χ3v) is 3.98. The van der Waals surface area contributed by atoms with E-state index in [1.807, 2.05) is 43.3 Å². The molecule has 0 aliphatic carbocycles. The van der Waals surface area contributed by atoms with Gasteiger partial charge >= 0.3 is 6.03 Å². The predicted octanol–water partition coefficient (Wildman–Crippen LogP) is 2.55. The summed E-state index contributed by atoms with van der Waals surface area (Å²) in [5.41, 5.74) is 2.02. The van der Waals surface area contributed by atoms with Crippen LogP contribution in [0.4, 0.5) is 4.79 Å². The molecule has 0 spiro atoms. The molecule has 0 aliphatic rings. The van der Waals surface area contributed by atoms with Crippen molar-refractivity contribution in [1.82, 2.24) is 20.9 Å². The molecule has 2 rings (SSSR count). The fraction of sp³-hybridized carbons (Fsp3) is 0.350. The van der Waals surface area contributed by atoms with Gasteiger partial charge in [0.15, 0.2) is 0 Å². The van der Waals surface area contributed by atoms with E-state index in [0.717, 1.165) is 16.9 Å². The van der Waals surface area contributed by atoms with Gasteiger partial charge in [0, 0.05) is 30.5 Å². The Balaban J connectivity index is 1.84. The summed E-state index contributed by atoms with van der Waals surface area (Å²) in [6.45, 7) is 6.39. The molecule has 1 aromatic carbocycles. The van der Waals surface area contributed by atoms with Crippen LogP contribution in [-0.2, 0) is 11.4 Å². The van der Waals surface area contributed by atoms with Crippen molar-refractivity contribution in [3.05, 3.63) is 59.9 Å². The summed E-state index contributed by atoms with van der Waals surface area (Å²) in [6, 6.07) is 10.5. The minimum Gasteiger partial charge on any atom is -0.489 e. The molecule has 0 unspecified atom stereocenters. The molecule has 0 radical (unpaired) electrons. The number of ether oxygens (including phenoxy) is 1. The summed E-state index contributed by atoms with van der Waals surface area (Å²) < 4.78 is 5.74. The average Bonchev–Trinajstić information content (AvgIpc) is 2.67. The summed E-state index contributed by atoms with van der Waals surface area (Å²) in [5.74, 6) is 0.390. The van der Waals surface area contributed by atoms with Crippen LogP contribution in [0.5, 0.6) is 5.75 Å². The monoisotopic (exact) mass is 370 g/mol. The summed E-state index contributed by atoms with van der Waals surface area (Å²) in [6.07, 6.45) is 3.50. The first-order chi connectivity index (χ1) is 13.0. The number of nitrogens with one attached hydrogen (secondary N) is 3. The number of hydrogen-bond donors (Lipinski definition) is 3. The number of aromatic nitrogens is 1. The van der Waals surface area contributed by atoms with Crippen molar-refractivity contribution >= 4 is 11.9 Å². The Bertz CT molecular complexity index is 735. The molecule has 1 heterocycles. The molecule has 0 bridgehead atoms. The normalized spacial score (nSPS) is 12.7. The average molecular weight is 370 g/mol. The summed E-state index contributed by atoms with van der Waals surface area (Å²) in [7, 11) is 0. The van der Waals surface area contributed by atoms with Crippen LogP contribution in [0.2, 0.25) is 0 Å². The Hall–Kier alpha value is -2.93. The SMILES string of the molecule is CCNC(=O)NC(=O)[C@@H](C)N[C@H](C)c1ccc(OCc2cccnc2)cc1. The second kappa shape index (κ2) is 10.3. The van der Waals surface area contributed by atoms with Gasteiger partial charge in [-0.3, -0.25) is 20.4 Å². The molecule has 2 aromatic rings. The first-order valence-corrected chi connectivity index (χ1v) is 8.96. The van der Waals surface area contributed by atoms with Crippen LogP contribution in [-0.4, -0.2) is 29.5 Å². The maximum atomic E-state index is 12.0. The van der Waals surface area contributed by atoms with Crippen LogP contribution < -0.4 is 20.7 Å². The molecule has 0 fully saturated rings. The highest BCUT2D eigenvalue weighted by Gasteiger charge is 2.18. The highest BCUT2D eigenvalue weighted by molar-refractivity contribution is 5.96. The number of pyridine rings is 1. The first-order valence-electron chi connectivity index (χ1n) is 8.96. The molecule has 2 atom stereocenters. The van der Waals surface area contributed by atoms with Gasteiger partial charge in [-0.15, -0.1) is 0 Å². The quantitative estimate of drug-likeness (QED) is 0.664. The smallest absolute Gasteiger partial charge is 0.321 e. The van der Waals surface area contributed by atoms with Gasteiger partial charge in [0.2, 0.25) is 5.91 Å². The van der Waals surface area contributed by atoms with Crippen molar-refractivity contribution < 1.29 is 14.3 Å². The lowest BCUT2D eigenvalue weighted by molar-refractivity contribution is -0.121. The summed E-state index contributed by atoms with van der Waals surface area (Å²) in [5, 5.41) is 8.01. The molecule has 0 aliphatic heterocycles. The number of hydrogen-bond acceptors (Lipinski definition) is 5. The second-order valence-corrected chi connectivity index (χ2v) is 6.18. The van der Waals surface area contributed by atoms with Crippen LogP contribution in [0.15, 0.2) is 48.8 Å². The molecule has 3 N–H and O–H groups in total. The lowest BCUT2D eigenvalue weighted by Crippen LogP contribution is -2.48. The number of amides is 3. The largest absolute Gasteiger partial charge is 0.489 e. The van der Waals surface area contributed by atoms with E-state index in [9.17, 15) is 9.59 Å². The molecule has 1 aromatic heterocycles. The van der Waals surface area contributed by atoms with Crippen molar-refractivity contribution in [1.29, 1.82) is 0 Å². The molecule has 0 saturated heterocycles. The molecule has 0 saturated carbocycles. The Kier molecular flexibility index (Phi) is 7.76. The zero-order chi connectivity index (χ0) is 19.6. The van der Waals surface area contributed by atoms with E-state index in [4.69, 9.17) is 4.74 Å². The maximum Gasteiger partial charge on any atom is 0.321 e. The number of nitrogens with zero attached hydrogens (tertiary/aromatic N) is 1. The standard InChI is InChI=1S/C20H26N4O3/c1-4-22-20(26)24-19(25)15(3)23-14(2)17-7-9-18(10-8-17)27-13-16-6-5-11-21-12-16/h5-12,14-15,23H,4,13H2,1-3H3,(H2,22,24,25,26)/t14-,15-/m1/s1. The van der Waals surface area contributed by atoms with E-state index in [1.54, 1.807) is 26.2 Å². The molecule has 7 nitrogen and oxygen atoms in total. The second-order valence-electron chi connectivity index (χ2n) is 6.18. The van der Waals surface area contributed by atoms with Crippen LogP contribution in [0.1, 0.15) is 37.9 Å². The Morgan fingerprint density at radius 3 is 2.52 bits per heavy atom. The highest BCUT2D eigenvalue weighted by Crippen LogP contribution is 2.19. The predicted molar refractivity (Wildman–Crippen MR) is 103 cm³/mol. The van der Waals surface area contributed by atoms with Crippen molar-refractivity contribution in [3.8, 4) is 5.75 Å². The van der Waals surface area contributed by atoms with Crippen LogP contribution in [0.25, 0.3) is 0 Å². The van der Waals surface area contributed by atoms with E-state index < -0.39 is 12.1 Å². The third kappa shape index (κ3) is 6.71. The topological polar surface area (TPSA) is 92.4 Å². The molecular formula is C20H26N4O3. The van der Waals surface area contributed by atoms with Gasteiger partial charge in [-0.05, 0) is 44.5 Å². The van der Waals surface area contributed by atoms with Crippen molar-refractivity contribution in [2.24, 2.45) is 0 Å². The lowest BCUT2D eigenvalue weighted by atomic mass is 10.1. The number of benzene rings is 1. The number of rotatable bonds is 8. The van der Waals surface area contributed by atoms with Gasteiger partial charge in [0.1, 0.15) is 12.4 Å². The Morgan fingerprint density at radius 1 is 1.15 bits per heavy atom. The molecule has 3 amide bonds. The van der Waals surface area contributed by atoms with E-state index in [1.165, 1.54) is 0 Å². The number of imide groups is 1. The van der Waals surface area contributed by atoms with E-state index in [0.29, 0.717) is 13.2 Å². The molecule has 7 heteroatoms. The summed E-state index contributed by atoms with van der Waals surface area (Å²) in [4.78, 5) is 27.5. The van der Waals surface area contributed by atoms with Gasteiger partial charge in [0.25, 0.3) is 0 Å². The van der Waals surface area contributed by atoms with Crippen LogP contribution in [0.3, 0.4) is 0 Å². The van der Waals surface area contributed by atoms with Crippen molar-refractivity contribution in [2.45, 2.75) is 39.5 Å². The van der Waals surface area contributed by atoms with Gasteiger partial charge < -0.3 is 10.1 Å². The number of carbonyl (C=O) groups excluding carboxylic acids is 2. The fourth-order valence-corrected chi connectivity index (χ4v) is 2.47. The molecule has 27 heavy (non-hydrogen) atoms.